The van der Waals surface area contributed by atoms with E-state index < -0.39 is 0 Å². The second-order valence-electron chi connectivity index (χ2n) is 5.39. The standard InChI is InChI=1S/C18H24N2O/c1-5-6-11-19(2)12-7-8-16-13-15-14-17(21-4)9-10-18(15)20(16)3/h9-10,13-14H,7-8,11-12H2,1-4H3. The minimum Gasteiger partial charge on any atom is -0.497 e. The van der Waals surface area contributed by atoms with Gasteiger partial charge < -0.3 is 9.30 Å². The average Bonchev–Trinajstić information content (AvgIpc) is 2.81. The lowest BCUT2D eigenvalue weighted by atomic mass is 10.2. The molecule has 0 saturated carbocycles. The average molecular weight is 284 g/mol. The van der Waals surface area contributed by atoms with Crippen molar-refractivity contribution >= 4 is 10.9 Å². The van der Waals surface area contributed by atoms with E-state index in [2.05, 4.69) is 53.6 Å². The molecule has 1 aromatic heterocycles. The second kappa shape index (κ2) is 7.19. The molecule has 0 amide bonds. The van der Waals surface area contributed by atoms with Crippen LogP contribution in [0.3, 0.4) is 0 Å². The molecule has 3 heteroatoms. The molecule has 0 radical (unpaired) electrons. The minimum atomic E-state index is 0.850. The summed E-state index contributed by atoms with van der Waals surface area (Å²) in [6.45, 7) is 3.81. The number of nitrogens with zero attached hydrogens (tertiary/aromatic N) is 2. The van der Waals surface area contributed by atoms with Gasteiger partial charge >= 0.3 is 0 Å². The van der Waals surface area contributed by atoms with Crippen LogP contribution < -0.4 is 4.74 Å². The lowest BCUT2D eigenvalue weighted by molar-refractivity contribution is 0.368. The van der Waals surface area contributed by atoms with E-state index in [1.54, 1.807) is 7.11 Å². The lowest BCUT2D eigenvalue weighted by Gasteiger charge is -2.13. The van der Waals surface area contributed by atoms with Gasteiger partial charge in [0, 0.05) is 23.6 Å². The number of methoxy groups -OCH3 is 1. The number of benzene rings is 1. The maximum absolute atomic E-state index is 5.29. The van der Waals surface area contributed by atoms with Gasteiger partial charge in [0.2, 0.25) is 0 Å². The molecule has 0 N–H and O–H groups in total. The van der Waals surface area contributed by atoms with E-state index in [0.29, 0.717) is 0 Å². The molecule has 0 aliphatic carbocycles. The van der Waals surface area contributed by atoms with Crippen molar-refractivity contribution in [2.24, 2.45) is 7.05 Å². The lowest BCUT2D eigenvalue weighted by Crippen LogP contribution is -2.20. The number of aryl methyl sites for hydroxylation is 2. The Morgan fingerprint density at radius 2 is 2.10 bits per heavy atom. The Bertz CT molecular complexity index is 661. The number of rotatable bonds is 6. The molecule has 21 heavy (non-hydrogen) atoms. The molecule has 1 heterocycles. The van der Waals surface area contributed by atoms with Gasteiger partial charge in [0.15, 0.2) is 0 Å². The van der Waals surface area contributed by atoms with Crippen molar-refractivity contribution in [1.29, 1.82) is 0 Å². The molecule has 2 rings (SSSR count). The van der Waals surface area contributed by atoms with Gasteiger partial charge in [0.05, 0.1) is 13.7 Å². The van der Waals surface area contributed by atoms with E-state index in [4.69, 9.17) is 4.74 Å². The van der Waals surface area contributed by atoms with Crippen LogP contribution in [-0.4, -0.2) is 36.7 Å². The molecular weight excluding hydrogens is 260 g/mol. The van der Waals surface area contributed by atoms with E-state index in [0.717, 1.165) is 31.7 Å². The summed E-state index contributed by atoms with van der Waals surface area (Å²) >= 11 is 0. The molecule has 3 nitrogen and oxygen atoms in total. The van der Waals surface area contributed by atoms with E-state index in [1.165, 1.54) is 16.6 Å². The van der Waals surface area contributed by atoms with Crippen LogP contribution in [0.1, 0.15) is 19.0 Å². The number of fused-ring (bicyclic) bond motifs is 1. The zero-order chi connectivity index (χ0) is 15.2. The van der Waals surface area contributed by atoms with Crippen LogP contribution in [0.4, 0.5) is 0 Å². The van der Waals surface area contributed by atoms with Crippen LogP contribution in [-0.2, 0) is 13.5 Å². The Morgan fingerprint density at radius 1 is 1.29 bits per heavy atom. The molecule has 0 aliphatic rings. The van der Waals surface area contributed by atoms with E-state index in [-0.39, 0.29) is 0 Å². The molecule has 0 unspecified atom stereocenters. The molecule has 0 spiro atoms. The van der Waals surface area contributed by atoms with Crippen LogP contribution >= 0.6 is 0 Å². The Balaban J connectivity index is 2.01. The summed E-state index contributed by atoms with van der Waals surface area (Å²) in [5, 5.41) is 1.25. The van der Waals surface area contributed by atoms with Crippen molar-refractivity contribution < 1.29 is 4.74 Å². The molecule has 0 saturated heterocycles. The molecule has 112 valence electrons. The molecule has 0 fully saturated rings. The first-order valence-electron chi connectivity index (χ1n) is 7.36. The van der Waals surface area contributed by atoms with E-state index in [9.17, 15) is 0 Å². The zero-order valence-electron chi connectivity index (χ0n) is 13.4. The van der Waals surface area contributed by atoms with Crippen molar-refractivity contribution in [3.8, 4) is 17.6 Å². The maximum Gasteiger partial charge on any atom is 0.119 e. The molecule has 0 aliphatic heterocycles. The van der Waals surface area contributed by atoms with Gasteiger partial charge in [-0.15, -0.1) is 5.92 Å². The first kappa shape index (κ1) is 15.5. The number of aromatic nitrogens is 1. The van der Waals surface area contributed by atoms with Crippen molar-refractivity contribution in [2.75, 3.05) is 27.2 Å². The van der Waals surface area contributed by atoms with Gasteiger partial charge in [-0.2, -0.15) is 0 Å². The first-order chi connectivity index (χ1) is 10.2. The van der Waals surface area contributed by atoms with Gasteiger partial charge in [-0.1, -0.05) is 5.92 Å². The Morgan fingerprint density at radius 3 is 2.81 bits per heavy atom. The van der Waals surface area contributed by atoms with Crippen molar-refractivity contribution in [2.45, 2.75) is 19.8 Å². The molecule has 1 aromatic carbocycles. The molecule has 0 bridgehead atoms. The number of hydrogen-bond donors (Lipinski definition) is 0. The first-order valence-corrected chi connectivity index (χ1v) is 7.36. The van der Waals surface area contributed by atoms with Crippen LogP contribution in [0.5, 0.6) is 5.75 Å². The smallest absolute Gasteiger partial charge is 0.119 e. The third-order valence-electron chi connectivity index (χ3n) is 3.85. The predicted molar refractivity (Wildman–Crippen MR) is 88.7 cm³/mol. The highest BCUT2D eigenvalue weighted by Gasteiger charge is 2.07. The monoisotopic (exact) mass is 284 g/mol. The number of hydrogen-bond acceptors (Lipinski definition) is 2. The van der Waals surface area contributed by atoms with Crippen LogP contribution in [0.15, 0.2) is 24.3 Å². The summed E-state index contributed by atoms with van der Waals surface area (Å²) in [6.07, 6.45) is 2.22. The number of ether oxygens (including phenoxy) is 1. The van der Waals surface area contributed by atoms with Gasteiger partial charge in [0.25, 0.3) is 0 Å². The third kappa shape index (κ3) is 3.80. The predicted octanol–water partition coefficient (Wildman–Crippen LogP) is 3.07. The highest BCUT2D eigenvalue weighted by molar-refractivity contribution is 5.82. The van der Waals surface area contributed by atoms with Crippen molar-refractivity contribution in [3.05, 3.63) is 30.0 Å². The zero-order valence-corrected chi connectivity index (χ0v) is 13.4. The van der Waals surface area contributed by atoms with Crippen LogP contribution in [0, 0.1) is 11.8 Å². The Hall–Kier alpha value is -1.92. The fourth-order valence-corrected chi connectivity index (χ4v) is 2.57. The fraction of sp³-hybridized carbons (Fsp3) is 0.444. The summed E-state index contributed by atoms with van der Waals surface area (Å²) < 4.78 is 7.57. The third-order valence-corrected chi connectivity index (χ3v) is 3.85. The Labute approximate surface area is 127 Å². The maximum atomic E-state index is 5.29. The second-order valence-corrected chi connectivity index (χ2v) is 5.39. The SMILES string of the molecule is CC#CCN(C)CCCc1cc2cc(OC)ccc2n1C. The van der Waals surface area contributed by atoms with Gasteiger partial charge in [0.1, 0.15) is 5.75 Å². The minimum absolute atomic E-state index is 0.850. The van der Waals surface area contributed by atoms with Gasteiger partial charge in [-0.05, 0) is 57.6 Å². The highest BCUT2D eigenvalue weighted by Crippen LogP contribution is 2.24. The van der Waals surface area contributed by atoms with Gasteiger partial charge in [-0.3, -0.25) is 4.90 Å². The Kier molecular flexibility index (Phi) is 5.30. The van der Waals surface area contributed by atoms with Crippen LogP contribution in [0.25, 0.3) is 10.9 Å². The summed E-state index contributed by atoms with van der Waals surface area (Å²) in [7, 11) is 5.97. The summed E-state index contributed by atoms with van der Waals surface area (Å²) in [5.41, 5.74) is 2.63. The molecule has 0 atom stereocenters. The quantitative estimate of drug-likeness (QED) is 0.759. The highest BCUT2D eigenvalue weighted by atomic mass is 16.5. The topological polar surface area (TPSA) is 17.4 Å². The van der Waals surface area contributed by atoms with E-state index >= 15 is 0 Å². The van der Waals surface area contributed by atoms with Crippen molar-refractivity contribution in [1.82, 2.24) is 9.47 Å². The summed E-state index contributed by atoms with van der Waals surface area (Å²) in [6, 6.07) is 8.51. The fourth-order valence-electron chi connectivity index (χ4n) is 2.57. The molecule has 2 aromatic rings. The van der Waals surface area contributed by atoms with Gasteiger partial charge in [-0.25, -0.2) is 0 Å². The largest absolute Gasteiger partial charge is 0.497 e. The summed E-state index contributed by atoms with van der Waals surface area (Å²) in [4.78, 5) is 2.27. The van der Waals surface area contributed by atoms with E-state index in [1.807, 2.05) is 13.0 Å². The normalized spacial score (nSPS) is 10.7. The summed E-state index contributed by atoms with van der Waals surface area (Å²) in [5.74, 6) is 6.95. The van der Waals surface area contributed by atoms with Crippen LogP contribution in [0.2, 0.25) is 0 Å². The van der Waals surface area contributed by atoms with Crippen molar-refractivity contribution in [3.63, 3.8) is 0 Å². The molecular formula is C18H24N2O.